The fraction of sp³-hybridized carbons (Fsp3) is 0.864. The highest BCUT2D eigenvalue weighted by molar-refractivity contribution is 5.88. The first kappa shape index (κ1) is 23.7. The summed E-state index contributed by atoms with van der Waals surface area (Å²) in [6, 6.07) is 0.322. The molecule has 0 unspecified atom stereocenters. The van der Waals surface area contributed by atoms with Crippen molar-refractivity contribution in [3.8, 4) is 6.07 Å². The molecular weight excluding hydrogens is 404 g/mol. The fourth-order valence-electron chi connectivity index (χ4n) is 4.66. The number of hydrogen-bond acceptors (Lipinski definition) is 4. The lowest BCUT2D eigenvalue weighted by Crippen LogP contribution is -2.60. The molecule has 2 N–H and O–H groups in total. The van der Waals surface area contributed by atoms with Crippen LogP contribution in [0.5, 0.6) is 0 Å². The quantitative estimate of drug-likeness (QED) is 0.639. The summed E-state index contributed by atoms with van der Waals surface area (Å²) < 4.78 is 28.9. The summed E-state index contributed by atoms with van der Waals surface area (Å²) in [6.45, 7) is 4.09. The number of hydrogen-bond donors (Lipinski definition) is 2. The second-order valence-electron chi connectivity index (χ2n) is 9.79. The van der Waals surface area contributed by atoms with Gasteiger partial charge in [0.25, 0.3) is 5.92 Å². The smallest absolute Gasteiger partial charge is 0.318 e. The van der Waals surface area contributed by atoms with Gasteiger partial charge in [0.15, 0.2) is 0 Å². The molecular formula is C22H35F2N5O2. The summed E-state index contributed by atoms with van der Waals surface area (Å²) in [5.41, 5.74) is -0.703. The minimum absolute atomic E-state index is 0.276. The van der Waals surface area contributed by atoms with E-state index >= 15 is 0 Å². The molecule has 0 radical (unpaired) electrons. The maximum atomic E-state index is 14.4. The molecule has 3 aliphatic rings. The molecule has 2 saturated heterocycles. The van der Waals surface area contributed by atoms with Crippen LogP contribution in [0, 0.1) is 16.7 Å². The number of carbonyl (C=O) groups is 2. The van der Waals surface area contributed by atoms with Crippen LogP contribution in [0.3, 0.4) is 0 Å². The number of alkyl halides is 2. The van der Waals surface area contributed by atoms with E-state index in [4.69, 9.17) is 0 Å². The molecule has 0 aromatic heterocycles. The number of urea groups is 1. The molecule has 3 fully saturated rings. The third-order valence-corrected chi connectivity index (χ3v) is 7.22. The predicted octanol–water partition coefficient (Wildman–Crippen LogP) is 2.87. The van der Waals surface area contributed by atoms with E-state index in [-0.39, 0.29) is 12.8 Å². The van der Waals surface area contributed by atoms with Gasteiger partial charge in [-0.25, -0.2) is 13.6 Å². The Morgan fingerprint density at radius 3 is 2.23 bits per heavy atom. The van der Waals surface area contributed by atoms with Crippen molar-refractivity contribution in [2.45, 2.75) is 82.2 Å². The van der Waals surface area contributed by atoms with Gasteiger partial charge in [0.05, 0.1) is 6.07 Å². The SMILES string of the molecule is CCCC(F)(F)C[C@H](NC(=O)N1CCC2(CC1)CC2)C(=O)NC1(C#N)CCN(C)CC1. The Morgan fingerprint density at radius 1 is 1.10 bits per heavy atom. The van der Waals surface area contributed by atoms with Crippen molar-refractivity contribution >= 4 is 11.9 Å². The molecule has 174 valence electrons. The molecule has 2 heterocycles. The van der Waals surface area contributed by atoms with Gasteiger partial charge in [0, 0.05) is 39.0 Å². The fourth-order valence-corrected chi connectivity index (χ4v) is 4.66. The van der Waals surface area contributed by atoms with Crippen LogP contribution in [0.4, 0.5) is 13.6 Å². The molecule has 0 bridgehead atoms. The Kier molecular flexibility index (Phi) is 7.09. The molecule has 3 rings (SSSR count). The number of nitrogens with one attached hydrogen (secondary N) is 2. The van der Waals surface area contributed by atoms with E-state index in [1.165, 1.54) is 12.8 Å². The highest BCUT2D eigenvalue weighted by Gasteiger charge is 2.46. The van der Waals surface area contributed by atoms with Gasteiger partial charge >= 0.3 is 6.03 Å². The largest absolute Gasteiger partial charge is 0.336 e. The number of piperidine rings is 2. The molecule has 1 atom stereocenters. The van der Waals surface area contributed by atoms with Crippen LogP contribution in [-0.2, 0) is 4.79 Å². The van der Waals surface area contributed by atoms with Crippen LogP contribution in [0.1, 0.15) is 64.7 Å². The van der Waals surface area contributed by atoms with Gasteiger partial charge in [-0.05, 0) is 51.0 Å². The lowest BCUT2D eigenvalue weighted by atomic mass is 9.88. The zero-order valence-electron chi connectivity index (χ0n) is 18.7. The predicted molar refractivity (Wildman–Crippen MR) is 112 cm³/mol. The van der Waals surface area contributed by atoms with Crippen molar-refractivity contribution in [1.82, 2.24) is 20.4 Å². The standard InChI is InChI=1S/C22H35F2N5O2/c1-3-4-22(23,24)15-17(18(30)27-21(16-25)9-11-28(2)12-10-21)26-19(31)29-13-7-20(5-6-20)8-14-29/h17H,3-15H2,1-2H3,(H,26,31)(H,27,30)/t17-/m0/s1. The van der Waals surface area contributed by atoms with E-state index in [2.05, 4.69) is 21.6 Å². The average Bonchev–Trinajstić information content (AvgIpc) is 3.48. The van der Waals surface area contributed by atoms with Crippen LogP contribution in [-0.4, -0.2) is 72.5 Å². The topological polar surface area (TPSA) is 88.5 Å². The van der Waals surface area contributed by atoms with Crippen molar-refractivity contribution < 1.29 is 18.4 Å². The van der Waals surface area contributed by atoms with Crippen molar-refractivity contribution in [1.29, 1.82) is 5.26 Å². The lowest BCUT2D eigenvalue weighted by molar-refractivity contribution is -0.127. The Labute approximate surface area is 183 Å². The summed E-state index contributed by atoms with van der Waals surface area (Å²) in [6.07, 6.45) is 4.24. The molecule has 1 spiro atoms. The zero-order chi connectivity index (χ0) is 22.7. The van der Waals surface area contributed by atoms with Gasteiger partial charge in [-0.1, -0.05) is 13.3 Å². The van der Waals surface area contributed by atoms with E-state index < -0.39 is 35.9 Å². The Hall–Kier alpha value is -1.95. The molecule has 7 nitrogen and oxygen atoms in total. The lowest BCUT2D eigenvalue weighted by Gasteiger charge is -2.38. The Balaban J connectivity index is 1.67. The first-order valence-electron chi connectivity index (χ1n) is 11.5. The van der Waals surface area contributed by atoms with Crippen molar-refractivity contribution in [2.24, 2.45) is 5.41 Å². The first-order valence-corrected chi connectivity index (χ1v) is 11.5. The van der Waals surface area contributed by atoms with E-state index in [0.717, 1.165) is 12.8 Å². The van der Waals surface area contributed by atoms with Crippen molar-refractivity contribution in [2.75, 3.05) is 33.2 Å². The summed E-state index contributed by atoms with van der Waals surface area (Å²) >= 11 is 0. The molecule has 3 amide bonds. The number of likely N-dealkylation sites (tertiary alicyclic amines) is 2. The Morgan fingerprint density at radius 2 is 1.71 bits per heavy atom. The number of nitrogens with zero attached hydrogens (tertiary/aromatic N) is 3. The second kappa shape index (κ2) is 9.27. The number of halogens is 2. The molecule has 9 heteroatoms. The molecule has 0 aromatic carbocycles. The maximum Gasteiger partial charge on any atom is 0.318 e. The summed E-state index contributed by atoms with van der Waals surface area (Å²) in [5, 5.41) is 15.0. The van der Waals surface area contributed by atoms with Crippen molar-refractivity contribution in [3.05, 3.63) is 0 Å². The zero-order valence-corrected chi connectivity index (χ0v) is 18.7. The third-order valence-electron chi connectivity index (χ3n) is 7.22. The minimum Gasteiger partial charge on any atom is -0.336 e. The van der Waals surface area contributed by atoms with E-state index in [0.29, 0.717) is 44.4 Å². The second-order valence-corrected chi connectivity index (χ2v) is 9.79. The van der Waals surface area contributed by atoms with Crippen LogP contribution < -0.4 is 10.6 Å². The molecule has 1 aliphatic carbocycles. The summed E-state index contributed by atoms with van der Waals surface area (Å²) in [7, 11) is 1.93. The highest BCUT2D eigenvalue weighted by atomic mass is 19.3. The Bertz CT molecular complexity index is 701. The van der Waals surface area contributed by atoms with Gasteiger partial charge in [-0.2, -0.15) is 5.26 Å². The minimum atomic E-state index is -3.07. The van der Waals surface area contributed by atoms with Crippen LogP contribution in [0.25, 0.3) is 0 Å². The van der Waals surface area contributed by atoms with Crippen molar-refractivity contribution in [3.63, 3.8) is 0 Å². The van der Waals surface area contributed by atoms with Gasteiger partial charge < -0.3 is 20.4 Å². The molecule has 31 heavy (non-hydrogen) atoms. The highest BCUT2D eigenvalue weighted by Crippen LogP contribution is 2.53. The van der Waals surface area contributed by atoms with Crippen LogP contribution in [0.15, 0.2) is 0 Å². The summed E-state index contributed by atoms with van der Waals surface area (Å²) in [4.78, 5) is 29.5. The normalized spacial score (nSPS) is 23.6. The first-order chi connectivity index (χ1) is 14.6. The third kappa shape index (κ3) is 6.06. The van der Waals surface area contributed by atoms with Crippen LogP contribution >= 0.6 is 0 Å². The van der Waals surface area contributed by atoms with E-state index in [1.54, 1.807) is 11.8 Å². The molecule has 0 aromatic rings. The summed E-state index contributed by atoms with van der Waals surface area (Å²) in [5.74, 6) is -3.78. The number of nitriles is 1. The van der Waals surface area contributed by atoms with E-state index in [1.807, 2.05) is 7.05 Å². The van der Waals surface area contributed by atoms with Gasteiger partial charge in [-0.15, -0.1) is 0 Å². The average molecular weight is 440 g/mol. The molecule has 2 aliphatic heterocycles. The maximum absolute atomic E-state index is 14.4. The monoisotopic (exact) mass is 439 g/mol. The number of amides is 3. The van der Waals surface area contributed by atoms with Gasteiger partial charge in [-0.3, -0.25) is 4.79 Å². The number of rotatable bonds is 7. The van der Waals surface area contributed by atoms with E-state index in [9.17, 15) is 23.6 Å². The molecule has 1 saturated carbocycles. The van der Waals surface area contributed by atoms with Gasteiger partial charge in [0.2, 0.25) is 5.91 Å². The van der Waals surface area contributed by atoms with Gasteiger partial charge in [0.1, 0.15) is 11.6 Å². The number of carbonyl (C=O) groups excluding carboxylic acids is 2. The van der Waals surface area contributed by atoms with Crippen LogP contribution in [0.2, 0.25) is 0 Å².